The Morgan fingerprint density at radius 3 is 2.20 bits per heavy atom. The van der Waals surface area contributed by atoms with Gasteiger partial charge in [0, 0.05) is 10.1 Å². The molecule has 1 N–H and O–H groups in total. The number of rotatable bonds is 3. The lowest BCUT2D eigenvalue weighted by atomic mass is 10.0. The molecule has 15 heavy (non-hydrogen) atoms. The molecule has 1 atom stereocenters. The molecule has 82 valence electrons. The Bertz CT molecular complexity index is 441. The van der Waals surface area contributed by atoms with Gasteiger partial charge in [0.1, 0.15) is 0 Å². The summed E-state index contributed by atoms with van der Waals surface area (Å²) < 4.78 is 20.0. The Balaban J connectivity index is 2.31. The van der Waals surface area contributed by atoms with Gasteiger partial charge in [-0.1, -0.05) is 26.0 Å². The van der Waals surface area contributed by atoms with Crippen LogP contribution in [-0.4, -0.2) is 9.46 Å². The topological polar surface area (TPSA) is 40.9 Å². The zero-order chi connectivity index (χ0) is 11.1. The van der Waals surface area contributed by atoms with Gasteiger partial charge in [-0.3, -0.25) is 0 Å². The maximum Gasteiger partial charge on any atom is 0.0755 e. The Hall–Kier alpha value is -0.830. The lowest BCUT2D eigenvalue weighted by Crippen LogP contribution is -2.05. The summed E-state index contributed by atoms with van der Waals surface area (Å²) in [6.07, 6.45) is 1.91. The highest BCUT2D eigenvalue weighted by molar-refractivity contribution is 7.93. The average Bonchev–Trinajstić information content (AvgIpc) is 3.01. The van der Waals surface area contributed by atoms with Crippen LogP contribution in [0.2, 0.25) is 0 Å². The molecular formula is C12H17NOS. The number of nitrogens with one attached hydrogen (secondary N) is 1. The predicted octanol–water partition coefficient (Wildman–Crippen LogP) is 3.38. The first-order valence-electron chi connectivity index (χ1n) is 5.39. The monoisotopic (exact) mass is 223 g/mol. The van der Waals surface area contributed by atoms with Gasteiger partial charge in [0.25, 0.3) is 0 Å². The van der Waals surface area contributed by atoms with Crippen molar-refractivity contribution in [2.45, 2.75) is 42.8 Å². The SMILES string of the molecule is CC(C)c1ccc(S(=N)(=O)C2CC2)cc1. The van der Waals surface area contributed by atoms with Gasteiger partial charge in [0.05, 0.1) is 9.73 Å². The van der Waals surface area contributed by atoms with Crippen LogP contribution in [-0.2, 0) is 9.73 Å². The summed E-state index contributed by atoms with van der Waals surface area (Å²) in [4.78, 5) is 0.703. The van der Waals surface area contributed by atoms with E-state index < -0.39 is 9.73 Å². The number of benzene rings is 1. The van der Waals surface area contributed by atoms with Gasteiger partial charge in [-0.2, -0.15) is 0 Å². The van der Waals surface area contributed by atoms with Gasteiger partial charge in [0.2, 0.25) is 0 Å². The summed E-state index contributed by atoms with van der Waals surface area (Å²) in [5.74, 6) is 0.488. The van der Waals surface area contributed by atoms with Gasteiger partial charge in [-0.15, -0.1) is 0 Å². The number of hydrogen-bond donors (Lipinski definition) is 1. The highest BCUT2D eigenvalue weighted by Crippen LogP contribution is 2.34. The van der Waals surface area contributed by atoms with Crippen molar-refractivity contribution in [2.75, 3.05) is 0 Å². The largest absolute Gasteiger partial charge is 0.249 e. The lowest BCUT2D eigenvalue weighted by molar-refractivity contribution is 0.673. The maximum atomic E-state index is 12.1. The van der Waals surface area contributed by atoms with Gasteiger partial charge < -0.3 is 0 Å². The molecule has 0 amide bonds. The van der Waals surface area contributed by atoms with Crippen molar-refractivity contribution in [3.05, 3.63) is 29.8 Å². The third-order valence-corrected chi connectivity index (χ3v) is 5.27. The molecule has 0 bridgehead atoms. The van der Waals surface area contributed by atoms with Crippen molar-refractivity contribution in [3.63, 3.8) is 0 Å². The lowest BCUT2D eigenvalue weighted by Gasteiger charge is -2.09. The van der Waals surface area contributed by atoms with Crippen LogP contribution in [0.4, 0.5) is 0 Å². The third-order valence-electron chi connectivity index (χ3n) is 2.89. The van der Waals surface area contributed by atoms with Crippen LogP contribution in [0.15, 0.2) is 29.2 Å². The normalized spacial score (nSPS) is 20.2. The first-order valence-corrected chi connectivity index (χ1v) is 7.01. The van der Waals surface area contributed by atoms with E-state index in [0.29, 0.717) is 10.8 Å². The molecule has 0 saturated heterocycles. The zero-order valence-corrected chi connectivity index (χ0v) is 10.0. The van der Waals surface area contributed by atoms with E-state index in [4.69, 9.17) is 4.78 Å². The number of hydrogen-bond acceptors (Lipinski definition) is 2. The van der Waals surface area contributed by atoms with E-state index in [-0.39, 0.29) is 5.25 Å². The summed E-state index contributed by atoms with van der Waals surface area (Å²) in [6, 6.07) is 7.72. The summed E-state index contributed by atoms with van der Waals surface area (Å²) in [5.41, 5.74) is 1.24. The molecule has 1 aromatic rings. The molecule has 3 heteroatoms. The molecule has 1 aliphatic carbocycles. The van der Waals surface area contributed by atoms with Crippen molar-refractivity contribution in [1.29, 1.82) is 4.78 Å². The molecule has 1 unspecified atom stereocenters. The second kappa shape index (κ2) is 3.63. The fourth-order valence-electron chi connectivity index (χ4n) is 1.65. The Morgan fingerprint density at radius 1 is 1.27 bits per heavy atom. The molecule has 0 heterocycles. The van der Waals surface area contributed by atoms with Crippen molar-refractivity contribution in [2.24, 2.45) is 0 Å². The van der Waals surface area contributed by atoms with Crippen molar-refractivity contribution in [1.82, 2.24) is 0 Å². The molecule has 0 spiro atoms. The molecule has 0 radical (unpaired) electrons. The van der Waals surface area contributed by atoms with Crippen LogP contribution in [0, 0.1) is 4.78 Å². The van der Waals surface area contributed by atoms with Gasteiger partial charge in [-0.05, 0) is 36.5 Å². The maximum absolute atomic E-state index is 12.1. The minimum absolute atomic E-state index is 0.113. The Kier molecular flexibility index (Phi) is 2.59. The van der Waals surface area contributed by atoms with E-state index in [2.05, 4.69) is 13.8 Å². The standard InChI is InChI=1S/C12H17NOS/c1-9(2)10-3-5-11(6-4-10)15(13,14)12-7-8-12/h3-6,9,12-13H,7-8H2,1-2H3. The molecule has 0 aliphatic heterocycles. The van der Waals surface area contributed by atoms with Crippen molar-refractivity contribution >= 4 is 9.73 Å². The summed E-state index contributed by atoms with van der Waals surface area (Å²) in [6.45, 7) is 4.27. The van der Waals surface area contributed by atoms with Crippen LogP contribution < -0.4 is 0 Å². The van der Waals surface area contributed by atoms with E-state index in [9.17, 15) is 4.21 Å². The molecular weight excluding hydrogens is 206 g/mol. The zero-order valence-electron chi connectivity index (χ0n) is 9.19. The minimum atomic E-state index is -2.51. The molecule has 0 aromatic heterocycles. The van der Waals surface area contributed by atoms with Gasteiger partial charge in [-0.25, -0.2) is 8.99 Å². The third kappa shape index (κ3) is 2.07. The van der Waals surface area contributed by atoms with E-state index in [1.165, 1.54) is 5.56 Å². The fourth-order valence-corrected chi connectivity index (χ4v) is 3.37. The fraction of sp³-hybridized carbons (Fsp3) is 0.500. The smallest absolute Gasteiger partial charge is 0.0755 e. The molecule has 1 aliphatic rings. The van der Waals surface area contributed by atoms with Crippen LogP contribution in [0.25, 0.3) is 0 Å². The second-order valence-electron chi connectivity index (χ2n) is 4.52. The van der Waals surface area contributed by atoms with E-state index >= 15 is 0 Å². The van der Waals surface area contributed by atoms with Crippen LogP contribution in [0.1, 0.15) is 38.2 Å². The van der Waals surface area contributed by atoms with Crippen molar-refractivity contribution < 1.29 is 4.21 Å². The van der Waals surface area contributed by atoms with Crippen LogP contribution in [0.3, 0.4) is 0 Å². The Labute approximate surface area is 91.7 Å². The quantitative estimate of drug-likeness (QED) is 0.838. The van der Waals surface area contributed by atoms with E-state index in [1.54, 1.807) is 0 Å². The molecule has 1 fully saturated rings. The molecule has 1 saturated carbocycles. The second-order valence-corrected chi connectivity index (χ2v) is 6.86. The highest BCUT2D eigenvalue weighted by atomic mass is 32.2. The molecule has 2 nitrogen and oxygen atoms in total. The summed E-state index contributed by atoms with van der Waals surface area (Å²) in [5, 5.41) is 0.113. The molecule has 1 aromatic carbocycles. The predicted molar refractivity (Wildman–Crippen MR) is 62.7 cm³/mol. The van der Waals surface area contributed by atoms with Crippen molar-refractivity contribution in [3.8, 4) is 0 Å². The first kappa shape index (κ1) is 10.7. The summed E-state index contributed by atoms with van der Waals surface area (Å²) in [7, 11) is -2.51. The van der Waals surface area contributed by atoms with E-state index in [1.807, 2.05) is 24.3 Å². The highest BCUT2D eigenvalue weighted by Gasteiger charge is 2.33. The van der Waals surface area contributed by atoms with Gasteiger partial charge in [0.15, 0.2) is 0 Å². The average molecular weight is 223 g/mol. The van der Waals surface area contributed by atoms with Crippen LogP contribution >= 0.6 is 0 Å². The Morgan fingerprint density at radius 2 is 1.80 bits per heavy atom. The van der Waals surface area contributed by atoms with Crippen LogP contribution in [0.5, 0.6) is 0 Å². The van der Waals surface area contributed by atoms with Gasteiger partial charge >= 0.3 is 0 Å². The first-order chi connectivity index (χ1) is 7.01. The van der Waals surface area contributed by atoms with E-state index in [0.717, 1.165) is 12.8 Å². The summed E-state index contributed by atoms with van der Waals surface area (Å²) >= 11 is 0. The minimum Gasteiger partial charge on any atom is -0.249 e. The molecule has 2 rings (SSSR count).